The fourth-order valence-corrected chi connectivity index (χ4v) is 1.73. The highest BCUT2D eigenvalue weighted by Gasteiger charge is 1.99. The van der Waals surface area contributed by atoms with Gasteiger partial charge in [-0.1, -0.05) is 23.7 Å². The zero-order valence-corrected chi connectivity index (χ0v) is 10.8. The smallest absolute Gasteiger partial charge is 0.407 e. The van der Waals surface area contributed by atoms with Gasteiger partial charge in [0, 0.05) is 11.6 Å². The van der Waals surface area contributed by atoms with Crippen molar-refractivity contribution in [3.63, 3.8) is 0 Å². The van der Waals surface area contributed by atoms with Gasteiger partial charge in [-0.15, -0.1) is 0 Å². The molecule has 1 N–H and O–H groups in total. The average Bonchev–Trinajstić information content (AvgIpc) is 2.29. The molecule has 0 unspecified atom stereocenters. The highest BCUT2D eigenvalue weighted by molar-refractivity contribution is 6.30. The number of hydrogen-bond acceptors (Lipinski definition) is 2. The van der Waals surface area contributed by atoms with Crippen molar-refractivity contribution in [1.29, 1.82) is 0 Å². The van der Waals surface area contributed by atoms with Crippen LogP contribution in [0, 0.1) is 0 Å². The molecule has 0 radical (unpaired) electrons. The first-order valence-electron chi connectivity index (χ1n) is 5.87. The molecule has 0 aliphatic carbocycles. The van der Waals surface area contributed by atoms with E-state index in [1.165, 1.54) is 5.56 Å². The molecule has 17 heavy (non-hydrogen) atoms. The van der Waals surface area contributed by atoms with Gasteiger partial charge < -0.3 is 10.1 Å². The quantitative estimate of drug-likeness (QED) is 0.791. The van der Waals surface area contributed by atoms with Crippen LogP contribution < -0.4 is 5.32 Å². The first kappa shape index (κ1) is 13.8. The molecule has 94 valence electrons. The molecule has 0 bridgehead atoms. The molecule has 1 amide bonds. The molecule has 0 atom stereocenters. The summed E-state index contributed by atoms with van der Waals surface area (Å²) in [6.07, 6.45) is 2.60. The minimum absolute atomic E-state index is 0.338. The predicted molar refractivity (Wildman–Crippen MR) is 69.4 cm³/mol. The van der Waals surface area contributed by atoms with Crippen molar-refractivity contribution < 1.29 is 9.53 Å². The number of benzene rings is 1. The van der Waals surface area contributed by atoms with E-state index in [0.29, 0.717) is 13.2 Å². The topological polar surface area (TPSA) is 38.3 Å². The van der Waals surface area contributed by atoms with Crippen LogP contribution in [0.1, 0.15) is 25.3 Å². The van der Waals surface area contributed by atoms with E-state index in [1.807, 2.05) is 18.2 Å². The third-order valence-corrected chi connectivity index (χ3v) is 2.56. The van der Waals surface area contributed by atoms with Gasteiger partial charge in [-0.25, -0.2) is 4.79 Å². The van der Waals surface area contributed by atoms with Gasteiger partial charge in [0.05, 0.1) is 6.61 Å². The minimum atomic E-state index is -0.338. The number of unbranched alkanes of at least 4 members (excludes halogenated alkanes) is 1. The van der Waals surface area contributed by atoms with Gasteiger partial charge in [0.2, 0.25) is 0 Å². The molecule has 1 aromatic carbocycles. The number of amides is 1. The van der Waals surface area contributed by atoms with E-state index in [1.54, 1.807) is 6.92 Å². The summed E-state index contributed by atoms with van der Waals surface area (Å²) in [7, 11) is 0. The molecule has 3 nitrogen and oxygen atoms in total. The summed E-state index contributed by atoms with van der Waals surface area (Å²) in [5, 5.41) is 3.46. The highest BCUT2D eigenvalue weighted by atomic mass is 35.5. The lowest BCUT2D eigenvalue weighted by Crippen LogP contribution is -2.25. The SMILES string of the molecule is CCOC(=O)NCCCCc1cccc(Cl)c1. The molecular weight excluding hydrogens is 238 g/mol. The lowest BCUT2D eigenvalue weighted by molar-refractivity contribution is 0.152. The van der Waals surface area contributed by atoms with Gasteiger partial charge in [-0.05, 0) is 43.9 Å². The van der Waals surface area contributed by atoms with Crippen molar-refractivity contribution in [2.24, 2.45) is 0 Å². The van der Waals surface area contributed by atoms with Gasteiger partial charge in [-0.3, -0.25) is 0 Å². The summed E-state index contributed by atoms with van der Waals surface area (Å²) in [6, 6.07) is 7.85. The first-order valence-corrected chi connectivity index (χ1v) is 6.25. The molecule has 1 aromatic rings. The van der Waals surface area contributed by atoms with Crippen molar-refractivity contribution in [2.45, 2.75) is 26.2 Å². The molecule has 4 heteroatoms. The van der Waals surface area contributed by atoms with Crippen LogP contribution in [0.4, 0.5) is 4.79 Å². The normalized spacial score (nSPS) is 10.0. The number of ether oxygens (including phenoxy) is 1. The van der Waals surface area contributed by atoms with Crippen molar-refractivity contribution >= 4 is 17.7 Å². The first-order chi connectivity index (χ1) is 8.22. The molecule has 0 aromatic heterocycles. The molecule has 0 saturated heterocycles. The molecule has 0 saturated carbocycles. The number of carbonyl (C=O) groups is 1. The predicted octanol–water partition coefficient (Wildman–Crippen LogP) is 3.41. The summed E-state index contributed by atoms with van der Waals surface area (Å²) < 4.78 is 4.75. The van der Waals surface area contributed by atoms with Crippen LogP contribution in [-0.2, 0) is 11.2 Å². The zero-order chi connectivity index (χ0) is 12.5. The second-order valence-electron chi connectivity index (χ2n) is 3.73. The molecule has 0 fully saturated rings. The van der Waals surface area contributed by atoms with Crippen LogP contribution >= 0.6 is 11.6 Å². The van der Waals surface area contributed by atoms with Crippen LogP contribution in [0.3, 0.4) is 0 Å². The largest absolute Gasteiger partial charge is 0.450 e. The Morgan fingerprint density at radius 2 is 2.24 bits per heavy atom. The highest BCUT2D eigenvalue weighted by Crippen LogP contribution is 2.12. The number of aryl methyl sites for hydroxylation is 1. The van der Waals surface area contributed by atoms with E-state index >= 15 is 0 Å². The van der Waals surface area contributed by atoms with Crippen molar-refractivity contribution in [1.82, 2.24) is 5.32 Å². The number of carbonyl (C=O) groups excluding carboxylic acids is 1. The number of rotatable bonds is 6. The Morgan fingerprint density at radius 3 is 2.94 bits per heavy atom. The summed E-state index contributed by atoms with van der Waals surface area (Å²) in [4.78, 5) is 11.0. The van der Waals surface area contributed by atoms with Gasteiger partial charge in [-0.2, -0.15) is 0 Å². The van der Waals surface area contributed by atoms with Gasteiger partial charge in [0.1, 0.15) is 0 Å². The Labute approximate surface area is 107 Å². The Bertz CT molecular complexity index is 355. The number of hydrogen-bond donors (Lipinski definition) is 1. The summed E-state index contributed by atoms with van der Waals surface area (Å²) >= 11 is 5.89. The summed E-state index contributed by atoms with van der Waals surface area (Å²) in [5.74, 6) is 0. The van der Waals surface area contributed by atoms with E-state index in [0.717, 1.165) is 24.3 Å². The van der Waals surface area contributed by atoms with Crippen molar-refractivity contribution in [2.75, 3.05) is 13.2 Å². The Balaban J connectivity index is 2.10. The lowest BCUT2D eigenvalue weighted by Gasteiger charge is -2.05. The van der Waals surface area contributed by atoms with Crippen LogP contribution in [0.5, 0.6) is 0 Å². The van der Waals surface area contributed by atoms with Gasteiger partial charge in [0.25, 0.3) is 0 Å². The van der Waals surface area contributed by atoms with Gasteiger partial charge in [0.15, 0.2) is 0 Å². The van der Waals surface area contributed by atoms with Crippen LogP contribution in [0.2, 0.25) is 5.02 Å². The lowest BCUT2D eigenvalue weighted by atomic mass is 10.1. The standard InChI is InChI=1S/C13H18ClNO2/c1-2-17-13(16)15-9-4-3-6-11-7-5-8-12(14)10-11/h5,7-8,10H,2-4,6,9H2,1H3,(H,15,16). The Kier molecular flexibility index (Phi) is 6.48. The third-order valence-electron chi connectivity index (χ3n) is 2.33. The van der Waals surface area contributed by atoms with Crippen LogP contribution in [0.25, 0.3) is 0 Å². The summed E-state index contributed by atoms with van der Waals surface area (Å²) in [5.41, 5.74) is 1.23. The maximum atomic E-state index is 11.0. The molecule has 0 spiro atoms. The maximum absolute atomic E-state index is 11.0. The van der Waals surface area contributed by atoms with Gasteiger partial charge >= 0.3 is 6.09 Å². The van der Waals surface area contributed by atoms with Crippen LogP contribution in [0.15, 0.2) is 24.3 Å². The molecule has 0 aliphatic rings. The minimum Gasteiger partial charge on any atom is -0.450 e. The average molecular weight is 256 g/mol. The molecular formula is C13H18ClNO2. The monoisotopic (exact) mass is 255 g/mol. The molecule has 0 heterocycles. The Morgan fingerprint density at radius 1 is 1.41 bits per heavy atom. The second-order valence-corrected chi connectivity index (χ2v) is 4.17. The zero-order valence-electron chi connectivity index (χ0n) is 10.0. The van der Waals surface area contributed by atoms with Crippen molar-refractivity contribution in [3.8, 4) is 0 Å². The maximum Gasteiger partial charge on any atom is 0.407 e. The van der Waals surface area contributed by atoms with Crippen LogP contribution in [-0.4, -0.2) is 19.2 Å². The number of halogens is 1. The van der Waals surface area contributed by atoms with E-state index < -0.39 is 0 Å². The summed E-state index contributed by atoms with van der Waals surface area (Å²) in [6.45, 7) is 2.85. The van der Waals surface area contributed by atoms with E-state index in [-0.39, 0.29) is 6.09 Å². The molecule has 1 rings (SSSR count). The second kappa shape index (κ2) is 7.96. The number of alkyl carbamates (subject to hydrolysis) is 1. The van der Waals surface area contributed by atoms with E-state index in [9.17, 15) is 4.79 Å². The van der Waals surface area contributed by atoms with Crippen molar-refractivity contribution in [3.05, 3.63) is 34.9 Å². The molecule has 0 aliphatic heterocycles. The Hall–Kier alpha value is -1.22. The van der Waals surface area contributed by atoms with E-state index in [4.69, 9.17) is 16.3 Å². The van der Waals surface area contributed by atoms with E-state index in [2.05, 4.69) is 11.4 Å². The number of nitrogens with one attached hydrogen (secondary N) is 1. The fraction of sp³-hybridized carbons (Fsp3) is 0.462. The fourth-order valence-electron chi connectivity index (χ4n) is 1.52. The third kappa shape index (κ3) is 6.17.